The van der Waals surface area contributed by atoms with Gasteiger partial charge in [-0.25, -0.2) is 4.98 Å². The summed E-state index contributed by atoms with van der Waals surface area (Å²) in [5.41, 5.74) is 4.35. The number of anilines is 1. The average Bonchev–Trinajstić information content (AvgIpc) is 3.40. The van der Waals surface area contributed by atoms with Crippen molar-refractivity contribution >= 4 is 46.3 Å². The van der Waals surface area contributed by atoms with E-state index in [9.17, 15) is 4.79 Å². The highest BCUT2D eigenvalue weighted by atomic mass is 35.5. The molecule has 2 aromatic carbocycles. The van der Waals surface area contributed by atoms with Crippen molar-refractivity contribution in [3.63, 3.8) is 0 Å². The van der Waals surface area contributed by atoms with Crippen LogP contribution in [0.15, 0.2) is 47.6 Å². The van der Waals surface area contributed by atoms with E-state index in [1.807, 2.05) is 55.1 Å². The highest BCUT2D eigenvalue weighted by Gasteiger charge is 2.54. The lowest BCUT2D eigenvalue weighted by Gasteiger charge is -2.39. The molecule has 0 bridgehead atoms. The minimum absolute atomic E-state index is 0.0597. The number of nitrogens with zero attached hydrogens (tertiary/aromatic N) is 4. The molecule has 5 rings (SSSR count). The van der Waals surface area contributed by atoms with E-state index in [1.54, 1.807) is 20.4 Å². The summed E-state index contributed by atoms with van der Waals surface area (Å²) < 4.78 is 13.0. The van der Waals surface area contributed by atoms with Crippen LogP contribution in [-0.4, -0.2) is 41.9 Å². The van der Waals surface area contributed by atoms with E-state index < -0.39 is 11.9 Å². The highest BCUT2D eigenvalue weighted by molar-refractivity contribution is 6.31. The lowest BCUT2D eigenvalue weighted by atomic mass is 9.84. The van der Waals surface area contributed by atoms with Crippen LogP contribution in [0.5, 0.6) is 0 Å². The number of carbonyl (C=O) groups is 1. The summed E-state index contributed by atoms with van der Waals surface area (Å²) in [5, 5.41) is 4.28. The molecule has 39 heavy (non-hydrogen) atoms. The lowest BCUT2D eigenvalue weighted by Crippen LogP contribution is -2.45. The quantitative estimate of drug-likeness (QED) is 0.395. The van der Waals surface area contributed by atoms with Gasteiger partial charge in [0.15, 0.2) is 5.69 Å². The molecule has 10 heteroatoms. The zero-order valence-electron chi connectivity index (χ0n) is 23.0. The molecule has 1 N–H and O–H groups in total. The minimum atomic E-state index is -0.936. The van der Waals surface area contributed by atoms with Gasteiger partial charge in [0.05, 0.1) is 18.4 Å². The number of imidazole rings is 1. The Kier molecular flexibility index (Phi) is 6.99. The van der Waals surface area contributed by atoms with E-state index in [4.69, 9.17) is 37.7 Å². The van der Waals surface area contributed by atoms with Crippen molar-refractivity contribution in [1.82, 2.24) is 14.9 Å². The first-order valence-corrected chi connectivity index (χ1v) is 13.4. The summed E-state index contributed by atoms with van der Waals surface area (Å²) in [4.78, 5) is 25.7. The van der Waals surface area contributed by atoms with Crippen LogP contribution in [0.4, 0.5) is 5.69 Å². The maximum absolute atomic E-state index is 14.4. The van der Waals surface area contributed by atoms with Crippen molar-refractivity contribution in [1.29, 1.82) is 0 Å². The molecule has 204 valence electrons. The second-order valence-corrected chi connectivity index (χ2v) is 11.0. The fourth-order valence-electron chi connectivity index (χ4n) is 5.62. The molecule has 0 saturated carbocycles. The normalized spacial score (nSPS) is 20.6. The van der Waals surface area contributed by atoms with Gasteiger partial charge < -0.3 is 19.4 Å². The Bertz CT molecular complexity index is 1540. The van der Waals surface area contributed by atoms with Gasteiger partial charge >= 0.3 is 0 Å². The second kappa shape index (κ2) is 10.0. The van der Waals surface area contributed by atoms with Gasteiger partial charge in [-0.2, -0.15) is 4.99 Å². The number of benzene rings is 2. The first kappa shape index (κ1) is 27.2. The van der Waals surface area contributed by atoms with Gasteiger partial charge in [0.25, 0.3) is 5.91 Å². The first-order valence-electron chi connectivity index (χ1n) is 12.6. The van der Waals surface area contributed by atoms with E-state index in [0.717, 1.165) is 28.1 Å². The number of amides is 1. The molecule has 3 aromatic rings. The average molecular weight is 569 g/mol. The number of aryl methyl sites for hydroxylation is 2. The van der Waals surface area contributed by atoms with Crippen LogP contribution >= 0.6 is 23.2 Å². The van der Waals surface area contributed by atoms with Gasteiger partial charge in [0.2, 0.25) is 12.2 Å². The van der Waals surface area contributed by atoms with Crippen molar-refractivity contribution in [3.05, 3.63) is 86.5 Å². The highest BCUT2D eigenvalue weighted by Crippen LogP contribution is 2.50. The molecule has 2 unspecified atom stereocenters. The number of fused-ring (bicyclic) bond motifs is 1. The van der Waals surface area contributed by atoms with Crippen LogP contribution in [0.1, 0.15) is 65.5 Å². The zero-order valence-corrected chi connectivity index (χ0v) is 24.5. The van der Waals surface area contributed by atoms with Gasteiger partial charge in [-0.05, 0) is 75.6 Å². The number of rotatable bonds is 5. The first-order chi connectivity index (χ1) is 18.5. The van der Waals surface area contributed by atoms with E-state index >= 15 is 0 Å². The molecular weight excluding hydrogens is 537 g/mol. The van der Waals surface area contributed by atoms with Crippen LogP contribution in [0.25, 0.3) is 5.57 Å². The van der Waals surface area contributed by atoms with Gasteiger partial charge in [-0.1, -0.05) is 35.3 Å². The summed E-state index contributed by atoms with van der Waals surface area (Å²) in [6.45, 7) is 10.2. The number of ether oxygens (including phenoxy) is 2. The number of aliphatic imine (C=N–C) groups is 1. The van der Waals surface area contributed by atoms with E-state index in [1.165, 1.54) is 0 Å². The predicted octanol–water partition coefficient (Wildman–Crippen LogP) is 6.23. The third kappa shape index (κ3) is 4.22. The summed E-state index contributed by atoms with van der Waals surface area (Å²) in [7, 11) is 3.11. The Morgan fingerprint density at radius 3 is 2.38 bits per heavy atom. The van der Waals surface area contributed by atoms with Crippen LogP contribution in [-0.2, 0) is 15.0 Å². The maximum Gasteiger partial charge on any atom is 0.280 e. The van der Waals surface area contributed by atoms with Crippen molar-refractivity contribution in [3.8, 4) is 0 Å². The number of aromatic nitrogens is 2. The molecule has 3 heterocycles. The number of hydrogen-bond acceptors (Lipinski definition) is 6. The number of halogens is 2. The van der Waals surface area contributed by atoms with Crippen LogP contribution < -0.4 is 10.2 Å². The van der Waals surface area contributed by atoms with Gasteiger partial charge in [-0.3, -0.25) is 9.69 Å². The van der Waals surface area contributed by atoms with Crippen molar-refractivity contribution in [2.45, 2.75) is 52.6 Å². The smallest absolute Gasteiger partial charge is 0.280 e. The molecule has 1 amide bonds. The molecule has 2 atom stereocenters. The Balaban J connectivity index is 1.83. The van der Waals surface area contributed by atoms with Crippen LogP contribution in [0.2, 0.25) is 10.0 Å². The summed E-state index contributed by atoms with van der Waals surface area (Å²) >= 11 is 12.8. The molecule has 0 fully saturated rings. The molecule has 8 nitrogen and oxygen atoms in total. The van der Waals surface area contributed by atoms with E-state index in [-0.39, 0.29) is 11.9 Å². The zero-order chi connectivity index (χ0) is 28.2. The molecule has 2 aliphatic heterocycles. The van der Waals surface area contributed by atoms with E-state index in [2.05, 4.69) is 35.6 Å². The molecule has 1 aromatic heterocycles. The monoisotopic (exact) mass is 567 g/mol. The standard InChI is InChI=1S/C29H31Cl2N5O3/c1-15(2)35-24-23(33-25(35)20-14-32-28(39-7)34-26(20)38-6)27(37)36(22-13-19(31)9-8-16(22)3)29(24,5)21-11-10-18(30)12-17(21)4/h8-15,28,32H,1-7H3. The Hall–Kier alpha value is -3.33. The fourth-order valence-corrected chi connectivity index (χ4v) is 6.02. The Morgan fingerprint density at radius 2 is 1.74 bits per heavy atom. The SMILES string of the molecule is COC1=NC(OC)NC=C1c1nc2c(n1C(C)C)C(C)(c1ccc(Cl)cc1C)N(c1cc(Cl)ccc1C)C2=O. The van der Waals surface area contributed by atoms with Crippen LogP contribution in [0, 0.1) is 13.8 Å². The van der Waals surface area contributed by atoms with Crippen molar-refractivity contribution in [2.24, 2.45) is 4.99 Å². The topological polar surface area (TPSA) is 81.0 Å². The molecule has 0 radical (unpaired) electrons. The van der Waals surface area contributed by atoms with E-state index in [0.29, 0.717) is 33.0 Å². The number of hydrogen-bond donors (Lipinski definition) is 1. The Labute approximate surface area is 238 Å². The van der Waals surface area contributed by atoms with Gasteiger partial charge in [0.1, 0.15) is 11.4 Å². The minimum Gasteiger partial charge on any atom is -0.481 e. The van der Waals surface area contributed by atoms with Crippen LogP contribution in [0.3, 0.4) is 0 Å². The number of carbonyl (C=O) groups excluding carboxylic acids is 1. The molecule has 2 aliphatic rings. The maximum atomic E-state index is 14.4. The third-order valence-electron chi connectivity index (χ3n) is 7.36. The fraction of sp³-hybridized carbons (Fsp3) is 0.345. The molecule has 0 spiro atoms. The predicted molar refractivity (Wildman–Crippen MR) is 155 cm³/mol. The second-order valence-electron chi connectivity index (χ2n) is 10.2. The molecule has 0 saturated heterocycles. The summed E-state index contributed by atoms with van der Waals surface area (Å²) in [6, 6.07) is 11.3. The van der Waals surface area contributed by atoms with Gasteiger partial charge in [-0.15, -0.1) is 0 Å². The largest absolute Gasteiger partial charge is 0.481 e. The van der Waals surface area contributed by atoms with Gasteiger partial charge in [0, 0.05) is 35.1 Å². The number of methoxy groups -OCH3 is 2. The number of nitrogens with one attached hydrogen (secondary N) is 1. The third-order valence-corrected chi connectivity index (χ3v) is 7.83. The molecular formula is C29H31Cl2N5O3. The summed E-state index contributed by atoms with van der Waals surface area (Å²) in [5.74, 6) is 0.722. The Morgan fingerprint density at radius 1 is 1.05 bits per heavy atom. The summed E-state index contributed by atoms with van der Waals surface area (Å²) in [6.07, 6.45) is 1.19. The van der Waals surface area contributed by atoms with Crippen molar-refractivity contribution < 1.29 is 14.3 Å². The molecule has 0 aliphatic carbocycles. The van der Waals surface area contributed by atoms with Crippen molar-refractivity contribution in [2.75, 3.05) is 19.1 Å². The lowest BCUT2D eigenvalue weighted by molar-refractivity contribution is 0.0902.